The quantitative estimate of drug-likeness (QED) is 0.693. The third-order valence-corrected chi connectivity index (χ3v) is 4.18. The molecule has 3 heterocycles. The molecule has 8 nitrogen and oxygen atoms in total. The Kier molecular flexibility index (Phi) is 4.65. The van der Waals surface area contributed by atoms with Gasteiger partial charge in [-0.3, -0.25) is 0 Å². The van der Waals surface area contributed by atoms with E-state index < -0.39 is 5.82 Å². The Bertz CT molecular complexity index is 943. The van der Waals surface area contributed by atoms with Crippen LogP contribution < -0.4 is 10.6 Å². The molecule has 3 aromatic rings. The van der Waals surface area contributed by atoms with Crippen molar-refractivity contribution >= 4 is 11.8 Å². The number of nitrogens with one attached hydrogen (secondary N) is 2. The van der Waals surface area contributed by atoms with E-state index in [-0.39, 0.29) is 23.3 Å². The van der Waals surface area contributed by atoms with Crippen LogP contribution in [-0.2, 0) is 0 Å². The highest BCUT2D eigenvalue weighted by Crippen LogP contribution is 2.24. The molecule has 2 aromatic heterocycles. The van der Waals surface area contributed by atoms with E-state index in [0.29, 0.717) is 37.6 Å². The topological polar surface area (TPSA) is 96.2 Å². The van der Waals surface area contributed by atoms with Crippen LogP contribution in [0.2, 0.25) is 0 Å². The number of anilines is 1. The Morgan fingerprint density at radius 1 is 1.26 bits per heavy atom. The van der Waals surface area contributed by atoms with Gasteiger partial charge in [-0.25, -0.2) is 14.2 Å². The minimum atomic E-state index is -0.408. The van der Waals surface area contributed by atoms with Crippen molar-refractivity contribution in [1.82, 2.24) is 25.3 Å². The van der Waals surface area contributed by atoms with E-state index in [1.807, 2.05) is 0 Å². The van der Waals surface area contributed by atoms with Crippen LogP contribution in [0.3, 0.4) is 0 Å². The Morgan fingerprint density at radius 3 is 2.89 bits per heavy atom. The zero-order chi connectivity index (χ0) is 18.6. The van der Waals surface area contributed by atoms with E-state index in [0.717, 1.165) is 0 Å². The van der Waals surface area contributed by atoms with Crippen molar-refractivity contribution in [2.24, 2.45) is 0 Å². The van der Waals surface area contributed by atoms with Gasteiger partial charge < -0.3 is 20.1 Å². The lowest BCUT2D eigenvalue weighted by molar-refractivity contribution is 0.219. The highest BCUT2D eigenvalue weighted by atomic mass is 19.1. The van der Waals surface area contributed by atoms with Gasteiger partial charge in [0.25, 0.3) is 5.89 Å². The normalized spacial score (nSPS) is 13.7. The first kappa shape index (κ1) is 17.0. The summed E-state index contributed by atoms with van der Waals surface area (Å²) in [5.74, 6) is 0.719. The number of carbonyl (C=O) groups excluding carboxylic acids is 1. The lowest BCUT2D eigenvalue weighted by Gasteiger charge is -2.14. The molecule has 9 heteroatoms. The highest BCUT2D eigenvalue weighted by Gasteiger charge is 2.18. The van der Waals surface area contributed by atoms with Crippen LogP contribution in [0.1, 0.15) is 0 Å². The number of urea groups is 1. The Balaban J connectivity index is 1.39. The second-order valence-corrected chi connectivity index (χ2v) is 5.98. The summed E-state index contributed by atoms with van der Waals surface area (Å²) in [6.45, 7) is 2.60. The van der Waals surface area contributed by atoms with Crippen LogP contribution in [0.25, 0.3) is 22.8 Å². The summed E-state index contributed by atoms with van der Waals surface area (Å²) in [7, 11) is 0. The van der Waals surface area contributed by atoms with Crippen LogP contribution in [0.4, 0.5) is 15.0 Å². The fourth-order valence-corrected chi connectivity index (χ4v) is 2.76. The van der Waals surface area contributed by atoms with Crippen LogP contribution in [0, 0.1) is 5.82 Å². The first-order valence-corrected chi connectivity index (χ1v) is 8.52. The van der Waals surface area contributed by atoms with E-state index in [1.54, 1.807) is 41.4 Å². The second kappa shape index (κ2) is 7.40. The van der Waals surface area contributed by atoms with Crippen molar-refractivity contribution in [3.8, 4) is 22.8 Å². The van der Waals surface area contributed by atoms with Gasteiger partial charge in [0, 0.05) is 32.4 Å². The van der Waals surface area contributed by atoms with Gasteiger partial charge in [-0.1, -0.05) is 17.3 Å². The van der Waals surface area contributed by atoms with Crippen molar-refractivity contribution in [3.05, 3.63) is 48.4 Å². The van der Waals surface area contributed by atoms with Crippen molar-refractivity contribution < 1.29 is 13.7 Å². The van der Waals surface area contributed by atoms with Crippen LogP contribution in [-0.4, -0.2) is 52.2 Å². The number of benzene rings is 1. The number of amides is 2. The molecule has 0 radical (unpaired) electrons. The average Bonchev–Trinajstić information content (AvgIpc) is 3.32. The first-order chi connectivity index (χ1) is 13.2. The zero-order valence-corrected chi connectivity index (χ0v) is 14.4. The van der Waals surface area contributed by atoms with Gasteiger partial charge >= 0.3 is 6.03 Å². The van der Waals surface area contributed by atoms with E-state index in [9.17, 15) is 9.18 Å². The predicted molar refractivity (Wildman–Crippen MR) is 96.4 cm³/mol. The molecular weight excluding hydrogens is 351 g/mol. The molecule has 0 atom stereocenters. The molecule has 1 aliphatic heterocycles. The molecular formula is C18H17FN6O2. The summed E-state index contributed by atoms with van der Waals surface area (Å²) in [6.07, 6.45) is 1.60. The molecule has 0 saturated carbocycles. The molecule has 1 fully saturated rings. The van der Waals surface area contributed by atoms with Crippen LogP contribution >= 0.6 is 0 Å². The number of rotatable bonds is 6. The van der Waals surface area contributed by atoms with Crippen molar-refractivity contribution in [1.29, 1.82) is 0 Å². The van der Waals surface area contributed by atoms with Crippen LogP contribution in [0.5, 0.6) is 0 Å². The molecule has 138 valence electrons. The van der Waals surface area contributed by atoms with E-state index >= 15 is 0 Å². The second-order valence-electron chi connectivity index (χ2n) is 5.98. The highest BCUT2D eigenvalue weighted by molar-refractivity contribution is 5.76. The maximum atomic E-state index is 13.8. The van der Waals surface area contributed by atoms with Gasteiger partial charge in [0.2, 0.25) is 5.82 Å². The van der Waals surface area contributed by atoms with Gasteiger partial charge in [-0.2, -0.15) is 4.98 Å². The fourth-order valence-electron chi connectivity index (χ4n) is 2.76. The maximum absolute atomic E-state index is 13.8. The summed E-state index contributed by atoms with van der Waals surface area (Å²) in [6, 6.07) is 9.79. The molecule has 2 N–H and O–H groups in total. The van der Waals surface area contributed by atoms with E-state index in [4.69, 9.17) is 4.52 Å². The lowest BCUT2D eigenvalue weighted by atomic mass is 10.2. The third-order valence-electron chi connectivity index (χ3n) is 4.18. The van der Waals surface area contributed by atoms with Crippen LogP contribution in [0.15, 0.2) is 47.1 Å². The molecule has 1 aromatic carbocycles. The van der Waals surface area contributed by atoms with Crippen molar-refractivity contribution in [2.75, 3.05) is 31.5 Å². The number of halogens is 1. The monoisotopic (exact) mass is 368 g/mol. The average molecular weight is 368 g/mol. The van der Waals surface area contributed by atoms with Crippen molar-refractivity contribution in [3.63, 3.8) is 0 Å². The summed E-state index contributed by atoms with van der Waals surface area (Å²) < 4.78 is 19.0. The van der Waals surface area contributed by atoms with Gasteiger partial charge in [0.05, 0.1) is 11.1 Å². The zero-order valence-electron chi connectivity index (χ0n) is 14.4. The number of pyridine rings is 1. The molecule has 0 unspecified atom stereocenters. The molecule has 2 amide bonds. The molecule has 1 saturated heterocycles. The summed E-state index contributed by atoms with van der Waals surface area (Å²) in [4.78, 5) is 21.7. The Labute approximate surface area is 154 Å². The summed E-state index contributed by atoms with van der Waals surface area (Å²) >= 11 is 0. The molecule has 27 heavy (non-hydrogen) atoms. The standard InChI is InChI=1S/C18H17FN6O2/c19-14-4-2-1-3-13(14)16-23-17(27-24-16)12-5-6-15(22-11-12)20-7-9-25-10-8-21-18(25)26/h1-6,11H,7-10H2,(H,20,22)(H,21,26). The summed E-state index contributed by atoms with van der Waals surface area (Å²) in [5, 5.41) is 9.75. The Hall–Kier alpha value is -3.49. The number of hydrogen-bond donors (Lipinski definition) is 2. The summed E-state index contributed by atoms with van der Waals surface area (Å²) in [5.41, 5.74) is 0.916. The van der Waals surface area contributed by atoms with E-state index in [1.165, 1.54) is 6.07 Å². The van der Waals surface area contributed by atoms with E-state index in [2.05, 4.69) is 25.8 Å². The molecule has 1 aliphatic rings. The number of nitrogens with zero attached hydrogens (tertiary/aromatic N) is 4. The smallest absolute Gasteiger partial charge is 0.317 e. The number of carbonyl (C=O) groups is 1. The number of aromatic nitrogens is 3. The number of hydrogen-bond acceptors (Lipinski definition) is 6. The van der Waals surface area contributed by atoms with Gasteiger partial charge in [0.15, 0.2) is 0 Å². The van der Waals surface area contributed by atoms with Gasteiger partial charge in [-0.15, -0.1) is 0 Å². The third kappa shape index (κ3) is 3.71. The minimum Gasteiger partial charge on any atom is -0.368 e. The van der Waals surface area contributed by atoms with Crippen molar-refractivity contribution in [2.45, 2.75) is 0 Å². The molecule has 0 aliphatic carbocycles. The fraction of sp³-hybridized carbons (Fsp3) is 0.222. The Morgan fingerprint density at radius 2 is 2.15 bits per heavy atom. The largest absolute Gasteiger partial charge is 0.368 e. The van der Waals surface area contributed by atoms with Gasteiger partial charge in [-0.05, 0) is 24.3 Å². The van der Waals surface area contributed by atoms with Gasteiger partial charge in [0.1, 0.15) is 11.6 Å². The first-order valence-electron chi connectivity index (χ1n) is 8.52. The molecule has 0 bridgehead atoms. The maximum Gasteiger partial charge on any atom is 0.317 e. The minimum absolute atomic E-state index is 0.0397. The molecule has 0 spiro atoms. The SMILES string of the molecule is O=C1NCCN1CCNc1ccc(-c2nc(-c3ccccc3F)no2)cn1. The lowest BCUT2D eigenvalue weighted by Crippen LogP contribution is -2.32. The molecule has 4 rings (SSSR count). The predicted octanol–water partition coefficient (Wildman–Crippen LogP) is 2.37.